The van der Waals surface area contributed by atoms with Gasteiger partial charge in [0.15, 0.2) is 11.4 Å². The number of hydrogen-bond acceptors (Lipinski definition) is 18. The third kappa shape index (κ3) is 15.7. The largest absolute Gasteiger partial charge is 3.00 e. The van der Waals surface area contributed by atoms with Gasteiger partial charge in [-0.3, -0.25) is 18.3 Å². The first-order valence-electron chi connectivity index (χ1n) is 23.3. The van der Waals surface area contributed by atoms with E-state index in [1.165, 1.54) is 91.9 Å². The van der Waals surface area contributed by atoms with E-state index in [0.29, 0.717) is 0 Å². The smallest absolute Gasteiger partial charge is 0.810 e. The van der Waals surface area contributed by atoms with Crippen molar-refractivity contribution in [2.45, 2.75) is 83.1 Å². The quantitative estimate of drug-likeness (QED) is 0.0853. The fraction of sp³-hybridized carbons (Fsp3) is 0.353. The van der Waals surface area contributed by atoms with Crippen LogP contribution in [0.25, 0.3) is 67.5 Å². The van der Waals surface area contributed by atoms with Crippen LogP contribution in [0.15, 0.2) is 46.0 Å². The van der Waals surface area contributed by atoms with Crippen LogP contribution >= 0.6 is 68.0 Å². The van der Waals surface area contributed by atoms with Gasteiger partial charge in [0.2, 0.25) is 6.01 Å². The summed E-state index contributed by atoms with van der Waals surface area (Å²) in [5.41, 5.74) is 13.2. The van der Waals surface area contributed by atoms with Gasteiger partial charge in [0, 0.05) is 120 Å². The summed E-state index contributed by atoms with van der Waals surface area (Å²) < 4.78 is 10.6. The monoisotopic (exact) mass is 1350 g/mol. The summed E-state index contributed by atoms with van der Waals surface area (Å²) in [4.78, 5) is 65.0. The molecule has 0 spiro atoms. The number of imidazole rings is 3. The molecule has 0 aliphatic rings. The number of hydrogen-bond donors (Lipinski definition) is 0. The minimum absolute atomic E-state index is 0. The Balaban J connectivity index is 0.000000280. The molecule has 21 nitrogen and oxygen atoms in total. The van der Waals surface area contributed by atoms with E-state index >= 15 is 0 Å². The van der Waals surface area contributed by atoms with Gasteiger partial charge in [-0.1, -0.05) is 0 Å². The first-order valence-corrected chi connectivity index (χ1v) is 28.2. The van der Waals surface area contributed by atoms with Gasteiger partial charge in [-0.05, 0) is 119 Å². The summed E-state index contributed by atoms with van der Waals surface area (Å²) in [5, 5.41) is 56.8. The Hall–Kier alpha value is -5.90. The molecular formula is C51H60DyN9O12S6. The van der Waals surface area contributed by atoms with Gasteiger partial charge in [0.05, 0.1) is 52.1 Å². The second kappa shape index (κ2) is 28.0. The fourth-order valence-electron chi connectivity index (χ4n) is 9.25. The molecule has 9 rings (SSSR count). The van der Waals surface area contributed by atoms with Crippen molar-refractivity contribution < 1.29 is 63.1 Å². The molecule has 0 amide bonds. The van der Waals surface area contributed by atoms with Crippen molar-refractivity contribution in [2.24, 2.45) is 42.3 Å². The molecule has 1 radical (unpaired) electrons. The van der Waals surface area contributed by atoms with Crippen LogP contribution in [0, 0.1) is 167 Å². The third-order valence-corrected chi connectivity index (χ3v) is 18.0. The Morgan fingerprint density at radius 3 is 0.722 bits per heavy atom. The molecule has 9 aromatic rings. The van der Waals surface area contributed by atoms with Crippen LogP contribution in [0.2, 0.25) is 0 Å². The Kier molecular flexibility index (Phi) is 23.9. The van der Waals surface area contributed by atoms with E-state index < -0.39 is 15.3 Å². The standard InChI is InChI=1S/3C17H20N2OS2.Dy.3NO3/c3*1-9-7-13(11(3)21-9)15-16(19(6)17(20)18(15)5)14-8-10(2)22-12(14)4;;3*2-1(3)4/h3*7-8H,1-6H3;;;;/q;;;+3;3*-1. The van der Waals surface area contributed by atoms with Crippen molar-refractivity contribution in [1.29, 1.82) is 0 Å². The summed E-state index contributed by atoms with van der Waals surface area (Å²) in [6.45, 7) is 25.4. The molecule has 0 fully saturated rings. The second-order valence-electron chi connectivity index (χ2n) is 17.9. The Morgan fingerprint density at radius 2 is 0.544 bits per heavy atom. The topological polar surface area (TPSA) is 284 Å². The van der Waals surface area contributed by atoms with Gasteiger partial charge < -0.3 is 51.1 Å². The van der Waals surface area contributed by atoms with Crippen LogP contribution < -0.4 is 21.1 Å². The SMILES string of the molecule is Cc1cc(-c2c(-c3cc(C)sc3C)[n+](C)c([O-])n2C)c(C)s1.Cc1cc(-c2c(-c3cc(C)sc3C)n(C)c(=O)n2C)c(C)s1.Cc1cc(-c2c(-c3cc(C)sc3C)n(C)c(=O)n2C)c(C)s1.O=[N+]([O-])[O-].O=[N+]([O-])[O-].O=[N+]([O-])[O-].[Dy+3]. The van der Waals surface area contributed by atoms with Crippen molar-refractivity contribution in [1.82, 2.24) is 22.8 Å². The van der Waals surface area contributed by atoms with E-state index in [0.717, 1.165) is 34.2 Å². The maximum Gasteiger partial charge on any atom is 3.00 e. The van der Waals surface area contributed by atoms with Crippen molar-refractivity contribution in [3.8, 4) is 73.6 Å². The molecule has 0 aromatic carbocycles. The van der Waals surface area contributed by atoms with Crippen LogP contribution in [0.4, 0.5) is 0 Å². The molecular weight excluding hydrogens is 1290 g/mol. The Morgan fingerprint density at radius 1 is 0.367 bits per heavy atom. The molecule has 0 unspecified atom stereocenters. The van der Waals surface area contributed by atoms with Crippen LogP contribution in [-0.2, 0) is 42.3 Å². The summed E-state index contributed by atoms with van der Waals surface area (Å²) in [5.74, 6) is 0. The van der Waals surface area contributed by atoms with E-state index in [1.54, 1.807) is 95.4 Å². The van der Waals surface area contributed by atoms with Gasteiger partial charge in [-0.25, -0.2) is 18.7 Å². The Labute approximate surface area is 510 Å². The van der Waals surface area contributed by atoms with Crippen molar-refractivity contribution in [3.05, 3.63) is 162 Å². The number of thiophene rings is 6. The van der Waals surface area contributed by atoms with Crippen LogP contribution in [0.5, 0.6) is 6.01 Å². The van der Waals surface area contributed by atoms with Gasteiger partial charge in [-0.15, -0.1) is 68.0 Å². The minimum atomic E-state index is -1.75. The van der Waals surface area contributed by atoms with Crippen LogP contribution in [0.1, 0.15) is 58.5 Å². The van der Waals surface area contributed by atoms with Crippen molar-refractivity contribution in [3.63, 3.8) is 0 Å². The molecule has 0 atom stereocenters. The maximum absolute atomic E-state index is 12.5. The maximum atomic E-state index is 12.5. The molecule has 0 aliphatic carbocycles. The average Bonchev–Trinajstić information content (AvgIpc) is 4.22. The molecule has 0 saturated heterocycles. The van der Waals surface area contributed by atoms with E-state index in [1.807, 2.05) is 42.3 Å². The molecule has 0 bridgehead atoms. The number of aryl methyl sites for hydroxylation is 12. The third-order valence-electron chi connectivity index (χ3n) is 12.2. The van der Waals surface area contributed by atoms with E-state index in [9.17, 15) is 14.7 Å². The molecule has 9 heterocycles. The van der Waals surface area contributed by atoms with E-state index in [2.05, 4.69) is 119 Å². The zero-order chi connectivity index (χ0) is 59.3. The second-order valence-corrected chi connectivity index (χ2v) is 26.7. The van der Waals surface area contributed by atoms with Crippen molar-refractivity contribution >= 4 is 68.0 Å². The number of nitrogens with zero attached hydrogens (tertiary/aromatic N) is 9. The summed E-state index contributed by atoms with van der Waals surface area (Å²) in [7, 11) is 11.2. The first-order chi connectivity index (χ1) is 36.1. The van der Waals surface area contributed by atoms with E-state index in [4.69, 9.17) is 46.0 Å². The average molecular weight is 1350 g/mol. The molecule has 427 valence electrons. The first kappa shape index (κ1) is 67.4. The summed E-state index contributed by atoms with van der Waals surface area (Å²) in [6.07, 6.45) is 0. The van der Waals surface area contributed by atoms with Gasteiger partial charge in [0.25, 0.3) is 0 Å². The van der Waals surface area contributed by atoms with Gasteiger partial charge in [-0.2, -0.15) is 0 Å². The molecule has 28 heteroatoms. The van der Waals surface area contributed by atoms with Gasteiger partial charge >= 0.3 is 49.6 Å². The minimum Gasteiger partial charge on any atom is -0.810 e. The van der Waals surface area contributed by atoms with Crippen LogP contribution in [0.3, 0.4) is 0 Å². The normalized spacial score (nSPS) is 10.4. The van der Waals surface area contributed by atoms with Crippen LogP contribution in [-0.4, -0.2) is 38.1 Å². The van der Waals surface area contributed by atoms with Crippen molar-refractivity contribution in [2.75, 3.05) is 0 Å². The molecule has 0 N–H and O–H groups in total. The number of rotatable bonds is 6. The summed E-state index contributed by atoms with van der Waals surface area (Å²) in [6, 6.07) is 13.1. The fourth-order valence-corrected chi connectivity index (χ4v) is 14.8. The Bertz CT molecular complexity index is 3390. The number of aromatic nitrogens is 6. The van der Waals surface area contributed by atoms with Gasteiger partial charge in [0.1, 0.15) is 0 Å². The zero-order valence-corrected chi connectivity index (χ0v) is 53.6. The predicted molar refractivity (Wildman–Crippen MR) is 315 cm³/mol. The molecule has 9 aromatic heterocycles. The molecule has 79 heavy (non-hydrogen) atoms. The molecule has 0 aliphatic heterocycles. The molecule has 0 saturated carbocycles. The zero-order valence-electron chi connectivity index (χ0n) is 46.7. The summed E-state index contributed by atoms with van der Waals surface area (Å²) >= 11 is 10.7. The van der Waals surface area contributed by atoms with E-state index in [-0.39, 0.29) is 55.6 Å². The predicted octanol–water partition coefficient (Wildman–Crippen LogP) is 11.7.